The second-order valence-electron chi connectivity index (χ2n) is 5.73. The number of halogens is 1. The predicted octanol–water partition coefficient (Wildman–Crippen LogP) is 2.70. The van der Waals surface area contributed by atoms with Gasteiger partial charge in [-0.25, -0.2) is 0 Å². The molecule has 0 N–H and O–H groups in total. The van der Waals surface area contributed by atoms with Crippen molar-refractivity contribution < 1.29 is 4.79 Å². The lowest BCUT2D eigenvalue weighted by molar-refractivity contribution is -0.140. The van der Waals surface area contributed by atoms with Crippen molar-refractivity contribution in [3.8, 4) is 0 Å². The number of carbonyl (C=O) groups excluding carboxylic acids is 1. The zero-order chi connectivity index (χ0) is 10.6. The molecule has 1 saturated carbocycles. The maximum atomic E-state index is 12.4. The van der Waals surface area contributed by atoms with E-state index in [9.17, 15) is 4.79 Å². The van der Waals surface area contributed by atoms with Crippen molar-refractivity contribution in [3.63, 3.8) is 0 Å². The molecule has 0 aromatic heterocycles. The molecule has 0 spiro atoms. The molecule has 3 heteroatoms. The summed E-state index contributed by atoms with van der Waals surface area (Å²) in [5, 5.41) is 0. The Kier molecular flexibility index (Phi) is 2.17. The topological polar surface area (TPSA) is 20.3 Å². The van der Waals surface area contributed by atoms with Crippen LogP contribution >= 0.6 is 15.9 Å². The molecule has 2 atom stereocenters. The van der Waals surface area contributed by atoms with E-state index in [0.717, 1.165) is 12.8 Å². The van der Waals surface area contributed by atoms with Crippen LogP contribution in [0, 0.1) is 5.41 Å². The minimum atomic E-state index is 0.0278. The van der Waals surface area contributed by atoms with E-state index in [1.807, 2.05) is 0 Å². The van der Waals surface area contributed by atoms with E-state index in [-0.39, 0.29) is 5.41 Å². The second-order valence-corrected chi connectivity index (χ2v) is 7.02. The summed E-state index contributed by atoms with van der Waals surface area (Å²) < 4.78 is 0. The van der Waals surface area contributed by atoms with Crippen molar-refractivity contribution in [3.05, 3.63) is 0 Å². The summed E-state index contributed by atoms with van der Waals surface area (Å²) in [6, 6.07) is 1.08. The molecule has 15 heavy (non-hydrogen) atoms. The van der Waals surface area contributed by atoms with Crippen molar-refractivity contribution in [2.24, 2.45) is 5.41 Å². The lowest BCUT2D eigenvalue weighted by Gasteiger charge is -2.38. The van der Waals surface area contributed by atoms with Crippen molar-refractivity contribution in [2.75, 3.05) is 0 Å². The standard InChI is InChI=1S/C12H18BrNO/c1-12(4-5-12)11(15)14-9-2-3-10(14)7-8(13)6-9/h8-10H,2-7H2,1H3. The third-order valence-electron chi connectivity index (χ3n) is 4.43. The van der Waals surface area contributed by atoms with Gasteiger partial charge in [0.25, 0.3) is 0 Å². The maximum absolute atomic E-state index is 12.4. The van der Waals surface area contributed by atoms with Gasteiger partial charge < -0.3 is 4.90 Å². The molecule has 1 aliphatic carbocycles. The van der Waals surface area contributed by atoms with Gasteiger partial charge in [-0.2, -0.15) is 0 Å². The van der Waals surface area contributed by atoms with E-state index in [0.29, 0.717) is 22.8 Å². The van der Waals surface area contributed by atoms with Gasteiger partial charge >= 0.3 is 0 Å². The van der Waals surface area contributed by atoms with Gasteiger partial charge in [-0.15, -0.1) is 0 Å². The van der Waals surface area contributed by atoms with Crippen LogP contribution in [0.5, 0.6) is 0 Å². The highest BCUT2D eigenvalue weighted by Gasteiger charge is 2.52. The number of fused-ring (bicyclic) bond motifs is 2. The number of rotatable bonds is 1. The first-order chi connectivity index (χ1) is 7.10. The van der Waals surface area contributed by atoms with Crippen LogP contribution in [0.15, 0.2) is 0 Å². The number of hydrogen-bond donors (Lipinski definition) is 0. The highest BCUT2D eigenvalue weighted by Crippen LogP contribution is 2.50. The first kappa shape index (κ1) is 10.1. The van der Waals surface area contributed by atoms with E-state index in [4.69, 9.17) is 0 Å². The number of alkyl halides is 1. The summed E-state index contributed by atoms with van der Waals surface area (Å²) in [5.41, 5.74) is 0.0278. The molecular weight excluding hydrogens is 254 g/mol. The van der Waals surface area contributed by atoms with Crippen LogP contribution in [0.1, 0.15) is 45.4 Å². The Balaban J connectivity index is 1.80. The molecule has 0 radical (unpaired) electrons. The van der Waals surface area contributed by atoms with Crippen LogP contribution in [-0.2, 0) is 4.79 Å². The summed E-state index contributed by atoms with van der Waals surface area (Å²) in [7, 11) is 0. The number of carbonyl (C=O) groups is 1. The Bertz CT molecular complexity index is 286. The molecule has 2 nitrogen and oxygen atoms in total. The molecule has 1 amide bonds. The van der Waals surface area contributed by atoms with Crippen molar-refractivity contribution >= 4 is 21.8 Å². The largest absolute Gasteiger partial charge is 0.336 e. The molecule has 2 saturated heterocycles. The van der Waals surface area contributed by atoms with E-state index < -0.39 is 0 Å². The minimum absolute atomic E-state index is 0.0278. The first-order valence-electron chi connectivity index (χ1n) is 6.07. The van der Waals surface area contributed by atoms with Gasteiger partial charge in [0.2, 0.25) is 5.91 Å². The Morgan fingerprint density at radius 1 is 1.27 bits per heavy atom. The van der Waals surface area contributed by atoms with Gasteiger partial charge in [-0.3, -0.25) is 4.79 Å². The number of hydrogen-bond acceptors (Lipinski definition) is 1. The molecule has 2 heterocycles. The summed E-state index contributed by atoms with van der Waals surface area (Å²) in [6.07, 6.45) is 7.01. The van der Waals surface area contributed by atoms with Gasteiger partial charge in [0.15, 0.2) is 0 Å². The van der Waals surface area contributed by atoms with Crippen molar-refractivity contribution in [2.45, 2.75) is 62.4 Å². The van der Waals surface area contributed by atoms with Gasteiger partial charge in [0.05, 0.1) is 0 Å². The minimum Gasteiger partial charge on any atom is -0.336 e. The van der Waals surface area contributed by atoms with Crippen LogP contribution in [-0.4, -0.2) is 27.7 Å². The van der Waals surface area contributed by atoms with Gasteiger partial charge in [-0.05, 0) is 38.5 Å². The molecule has 0 aromatic carbocycles. The molecular formula is C12H18BrNO. The molecule has 2 unspecified atom stereocenters. The number of piperidine rings is 1. The highest BCUT2D eigenvalue weighted by atomic mass is 79.9. The highest BCUT2D eigenvalue weighted by molar-refractivity contribution is 9.09. The summed E-state index contributed by atoms with van der Waals surface area (Å²) in [6.45, 7) is 2.13. The predicted molar refractivity (Wildman–Crippen MR) is 62.9 cm³/mol. The fourth-order valence-electron chi connectivity index (χ4n) is 3.16. The first-order valence-corrected chi connectivity index (χ1v) is 6.98. The van der Waals surface area contributed by atoms with Crippen LogP contribution in [0.3, 0.4) is 0 Å². The van der Waals surface area contributed by atoms with E-state index >= 15 is 0 Å². The van der Waals surface area contributed by atoms with Crippen molar-refractivity contribution in [1.82, 2.24) is 4.90 Å². The molecule has 3 rings (SSSR count). The summed E-state index contributed by atoms with van der Waals surface area (Å²) >= 11 is 3.71. The van der Waals surface area contributed by atoms with Gasteiger partial charge in [0.1, 0.15) is 0 Å². The Labute approximate surface area is 99.5 Å². The van der Waals surface area contributed by atoms with E-state index in [1.54, 1.807) is 0 Å². The lowest BCUT2D eigenvalue weighted by Crippen LogP contribution is -2.49. The smallest absolute Gasteiger partial charge is 0.229 e. The SMILES string of the molecule is CC1(C(=O)N2C3CCC2CC(Br)C3)CC1. The average molecular weight is 272 g/mol. The third kappa shape index (κ3) is 1.54. The Morgan fingerprint density at radius 2 is 1.80 bits per heavy atom. The lowest BCUT2D eigenvalue weighted by atomic mass is 9.99. The van der Waals surface area contributed by atoms with Crippen LogP contribution in [0.2, 0.25) is 0 Å². The number of nitrogens with zero attached hydrogens (tertiary/aromatic N) is 1. The zero-order valence-corrected chi connectivity index (χ0v) is 10.8. The molecule has 0 aromatic rings. The van der Waals surface area contributed by atoms with Crippen LogP contribution in [0.4, 0.5) is 0 Å². The fraction of sp³-hybridized carbons (Fsp3) is 0.917. The fourth-order valence-corrected chi connectivity index (χ4v) is 4.02. The zero-order valence-electron chi connectivity index (χ0n) is 9.21. The maximum Gasteiger partial charge on any atom is 0.229 e. The van der Waals surface area contributed by atoms with Crippen LogP contribution < -0.4 is 0 Å². The average Bonchev–Trinajstić information content (AvgIpc) is 2.87. The summed E-state index contributed by atoms with van der Waals surface area (Å²) in [4.78, 5) is 15.2. The van der Waals surface area contributed by atoms with Crippen LogP contribution in [0.25, 0.3) is 0 Å². The van der Waals surface area contributed by atoms with Crippen molar-refractivity contribution in [1.29, 1.82) is 0 Å². The van der Waals surface area contributed by atoms with E-state index in [2.05, 4.69) is 27.8 Å². The third-order valence-corrected chi connectivity index (χ3v) is 5.17. The molecule has 2 bridgehead atoms. The second kappa shape index (κ2) is 3.22. The Hall–Kier alpha value is -0.0500. The summed E-state index contributed by atoms with van der Waals surface area (Å²) in [5.74, 6) is 0.453. The number of amides is 1. The van der Waals surface area contributed by atoms with Gasteiger partial charge in [-0.1, -0.05) is 22.9 Å². The molecule has 3 aliphatic rings. The Morgan fingerprint density at radius 3 is 2.27 bits per heavy atom. The molecule has 3 fully saturated rings. The molecule has 84 valence electrons. The van der Waals surface area contributed by atoms with Gasteiger partial charge in [0, 0.05) is 22.3 Å². The monoisotopic (exact) mass is 271 g/mol. The molecule has 2 aliphatic heterocycles. The van der Waals surface area contributed by atoms with E-state index in [1.165, 1.54) is 25.7 Å². The normalized spacial score (nSPS) is 41.7. The quantitative estimate of drug-likeness (QED) is 0.672.